The van der Waals surface area contributed by atoms with Crippen LogP contribution < -0.4 is 5.32 Å². The second-order valence-electron chi connectivity index (χ2n) is 4.65. The number of nitrogens with one attached hydrogen (secondary N) is 1. The van der Waals surface area contributed by atoms with Gasteiger partial charge in [-0.3, -0.25) is 0 Å². The van der Waals surface area contributed by atoms with E-state index in [0.29, 0.717) is 0 Å². The summed E-state index contributed by atoms with van der Waals surface area (Å²) in [6.45, 7) is 1.66. The van der Waals surface area contributed by atoms with Crippen molar-refractivity contribution >= 4 is 10.0 Å². The van der Waals surface area contributed by atoms with Crippen molar-refractivity contribution in [1.29, 1.82) is 0 Å². The van der Waals surface area contributed by atoms with E-state index in [1.165, 1.54) is 23.6 Å². The summed E-state index contributed by atoms with van der Waals surface area (Å²) in [5.74, 6) is -0.805. The SMILES string of the molecule is CN(C1CCCNCC1)S(=O)(=O)c1ncccc1F. The molecule has 1 aromatic heterocycles. The van der Waals surface area contributed by atoms with Crippen molar-refractivity contribution in [3.05, 3.63) is 24.1 Å². The van der Waals surface area contributed by atoms with Crippen LogP contribution in [0.25, 0.3) is 0 Å². The third kappa shape index (κ3) is 3.10. The summed E-state index contributed by atoms with van der Waals surface area (Å²) >= 11 is 0. The molecule has 5 nitrogen and oxygen atoms in total. The van der Waals surface area contributed by atoms with Crippen LogP contribution in [-0.2, 0) is 10.0 Å². The van der Waals surface area contributed by atoms with Crippen LogP contribution in [0.15, 0.2) is 23.4 Å². The summed E-state index contributed by atoms with van der Waals surface area (Å²) in [5.41, 5.74) is 0. The van der Waals surface area contributed by atoms with Crippen LogP contribution in [0.5, 0.6) is 0 Å². The summed E-state index contributed by atoms with van der Waals surface area (Å²) in [7, 11) is -2.37. The first-order valence-corrected chi connectivity index (χ1v) is 7.77. The lowest BCUT2D eigenvalue weighted by atomic mass is 10.1. The highest BCUT2D eigenvalue weighted by Gasteiger charge is 2.31. The molecule has 7 heteroatoms. The van der Waals surface area contributed by atoms with Gasteiger partial charge in [-0.05, 0) is 44.5 Å². The van der Waals surface area contributed by atoms with Crippen molar-refractivity contribution in [3.8, 4) is 0 Å². The minimum absolute atomic E-state index is 0.110. The Hall–Kier alpha value is -1.05. The summed E-state index contributed by atoms with van der Waals surface area (Å²) in [6.07, 6.45) is 3.70. The van der Waals surface area contributed by atoms with Crippen molar-refractivity contribution in [2.75, 3.05) is 20.1 Å². The van der Waals surface area contributed by atoms with Crippen molar-refractivity contribution in [2.24, 2.45) is 0 Å². The number of sulfonamides is 1. The number of hydrogen-bond acceptors (Lipinski definition) is 4. The van der Waals surface area contributed by atoms with Gasteiger partial charge in [0.05, 0.1) is 0 Å². The standard InChI is InChI=1S/C12H18FN3O2S/c1-16(10-4-2-7-14-9-6-10)19(17,18)12-11(13)5-3-8-15-12/h3,5,8,10,14H,2,4,6-7,9H2,1H3. The topological polar surface area (TPSA) is 62.3 Å². The van der Waals surface area contributed by atoms with Crippen LogP contribution >= 0.6 is 0 Å². The minimum Gasteiger partial charge on any atom is -0.317 e. The molecule has 1 aromatic rings. The molecule has 0 aliphatic carbocycles. The molecule has 2 rings (SSSR count). The Morgan fingerprint density at radius 3 is 2.95 bits per heavy atom. The largest absolute Gasteiger partial charge is 0.317 e. The Morgan fingerprint density at radius 1 is 1.42 bits per heavy atom. The zero-order valence-corrected chi connectivity index (χ0v) is 11.7. The first kappa shape index (κ1) is 14.4. The second-order valence-corrected chi connectivity index (χ2v) is 6.56. The fourth-order valence-electron chi connectivity index (χ4n) is 2.26. The Bertz CT molecular complexity index is 528. The fraction of sp³-hybridized carbons (Fsp3) is 0.583. The normalized spacial score (nSPS) is 21.3. The molecule has 1 aliphatic heterocycles. The van der Waals surface area contributed by atoms with E-state index in [1.807, 2.05) is 0 Å². The number of pyridine rings is 1. The van der Waals surface area contributed by atoms with E-state index < -0.39 is 20.9 Å². The number of rotatable bonds is 3. The zero-order chi connectivity index (χ0) is 13.9. The van der Waals surface area contributed by atoms with Crippen LogP contribution in [0.1, 0.15) is 19.3 Å². The van der Waals surface area contributed by atoms with Crippen molar-refractivity contribution in [1.82, 2.24) is 14.6 Å². The Morgan fingerprint density at radius 2 is 2.21 bits per heavy atom. The molecular weight excluding hydrogens is 269 g/mol. The molecule has 0 radical (unpaired) electrons. The number of halogens is 1. The van der Waals surface area contributed by atoms with E-state index in [1.54, 1.807) is 0 Å². The molecule has 0 saturated carbocycles. The van der Waals surface area contributed by atoms with Crippen LogP contribution in [-0.4, -0.2) is 43.9 Å². The first-order chi connectivity index (χ1) is 9.03. The third-order valence-electron chi connectivity index (χ3n) is 3.41. The predicted molar refractivity (Wildman–Crippen MR) is 69.7 cm³/mol. The van der Waals surface area contributed by atoms with Crippen molar-refractivity contribution < 1.29 is 12.8 Å². The molecule has 1 unspecified atom stereocenters. The monoisotopic (exact) mass is 287 g/mol. The van der Waals surface area contributed by atoms with Gasteiger partial charge in [-0.1, -0.05) is 0 Å². The van der Waals surface area contributed by atoms with E-state index >= 15 is 0 Å². The van der Waals surface area contributed by atoms with Gasteiger partial charge in [0, 0.05) is 19.3 Å². The molecule has 106 valence electrons. The Balaban J connectivity index is 2.26. The van der Waals surface area contributed by atoms with Crippen LogP contribution in [0, 0.1) is 5.82 Å². The number of nitrogens with zero attached hydrogens (tertiary/aromatic N) is 2. The predicted octanol–water partition coefficient (Wildman–Crippen LogP) is 0.983. The van der Waals surface area contributed by atoms with Crippen molar-refractivity contribution in [2.45, 2.75) is 30.3 Å². The minimum atomic E-state index is -3.87. The van der Waals surface area contributed by atoms with Crippen LogP contribution in [0.4, 0.5) is 4.39 Å². The maximum absolute atomic E-state index is 13.6. The van der Waals surface area contributed by atoms with Gasteiger partial charge in [-0.25, -0.2) is 17.8 Å². The van der Waals surface area contributed by atoms with Gasteiger partial charge in [0.15, 0.2) is 5.82 Å². The van der Waals surface area contributed by atoms with Gasteiger partial charge in [0.1, 0.15) is 0 Å². The average molecular weight is 287 g/mol. The van der Waals surface area contributed by atoms with Crippen LogP contribution in [0.3, 0.4) is 0 Å². The maximum atomic E-state index is 13.6. The van der Waals surface area contributed by atoms with Crippen LogP contribution in [0.2, 0.25) is 0 Å². The van der Waals surface area contributed by atoms with E-state index in [0.717, 1.165) is 38.4 Å². The zero-order valence-electron chi connectivity index (χ0n) is 10.8. The van der Waals surface area contributed by atoms with Gasteiger partial charge in [-0.2, -0.15) is 4.31 Å². The van der Waals surface area contributed by atoms with E-state index in [-0.39, 0.29) is 6.04 Å². The van der Waals surface area contributed by atoms with E-state index in [2.05, 4.69) is 10.3 Å². The lowest BCUT2D eigenvalue weighted by Crippen LogP contribution is -2.38. The molecular formula is C12H18FN3O2S. The molecule has 0 spiro atoms. The average Bonchev–Trinajstić information content (AvgIpc) is 2.67. The Kier molecular flexibility index (Phi) is 4.49. The van der Waals surface area contributed by atoms with E-state index in [4.69, 9.17) is 0 Å². The molecule has 19 heavy (non-hydrogen) atoms. The third-order valence-corrected chi connectivity index (χ3v) is 5.25. The van der Waals surface area contributed by atoms with E-state index in [9.17, 15) is 12.8 Å². The molecule has 2 heterocycles. The molecule has 0 bridgehead atoms. The number of aromatic nitrogens is 1. The lowest BCUT2D eigenvalue weighted by molar-refractivity contribution is 0.338. The highest BCUT2D eigenvalue weighted by Crippen LogP contribution is 2.21. The highest BCUT2D eigenvalue weighted by molar-refractivity contribution is 7.89. The van der Waals surface area contributed by atoms with Gasteiger partial charge in [-0.15, -0.1) is 0 Å². The molecule has 1 saturated heterocycles. The van der Waals surface area contributed by atoms with Gasteiger partial charge in [0.25, 0.3) is 10.0 Å². The molecule has 1 atom stereocenters. The summed E-state index contributed by atoms with van der Waals surface area (Å²) in [6, 6.07) is 2.38. The van der Waals surface area contributed by atoms with Gasteiger partial charge < -0.3 is 5.32 Å². The second kappa shape index (κ2) is 5.94. The smallest absolute Gasteiger partial charge is 0.263 e. The van der Waals surface area contributed by atoms with Gasteiger partial charge in [0.2, 0.25) is 5.03 Å². The highest BCUT2D eigenvalue weighted by atomic mass is 32.2. The maximum Gasteiger partial charge on any atom is 0.263 e. The lowest BCUT2D eigenvalue weighted by Gasteiger charge is -2.25. The Labute approximate surface area is 112 Å². The summed E-state index contributed by atoms with van der Waals surface area (Å²) in [4.78, 5) is 3.67. The molecule has 1 aliphatic rings. The summed E-state index contributed by atoms with van der Waals surface area (Å²) < 4.78 is 39.6. The first-order valence-electron chi connectivity index (χ1n) is 6.33. The molecule has 0 aromatic carbocycles. The molecule has 0 amide bonds. The molecule has 1 N–H and O–H groups in total. The van der Waals surface area contributed by atoms with Gasteiger partial charge >= 0.3 is 0 Å². The number of hydrogen-bond donors (Lipinski definition) is 1. The fourth-order valence-corrected chi connectivity index (χ4v) is 3.64. The quantitative estimate of drug-likeness (QED) is 0.900. The summed E-state index contributed by atoms with van der Waals surface area (Å²) in [5, 5.41) is 2.73. The molecule has 1 fully saturated rings. The van der Waals surface area contributed by atoms with Crippen molar-refractivity contribution in [3.63, 3.8) is 0 Å².